The lowest BCUT2D eigenvalue weighted by Crippen LogP contribution is -2.58. The highest BCUT2D eigenvalue weighted by molar-refractivity contribution is 5.99. The lowest BCUT2D eigenvalue weighted by molar-refractivity contribution is -0.156. The van der Waals surface area contributed by atoms with Gasteiger partial charge in [0.15, 0.2) is 5.76 Å². The van der Waals surface area contributed by atoms with E-state index in [0.29, 0.717) is 35.3 Å². The first-order valence-corrected chi connectivity index (χ1v) is 9.82. The molecular formula is C21H32O3. The van der Waals surface area contributed by atoms with E-state index in [0.717, 1.165) is 32.1 Å². The van der Waals surface area contributed by atoms with Crippen molar-refractivity contribution in [1.29, 1.82) is 0 Å². The van der Waals surface area contributed by atoms with Crippen LogP contribution in [0.15, 0.2) is 11.8 Å². The van der Waals surface area contributed by atoms with Crippen LogP contribution < -0.4 is 0 Å². The standard InChI is InChI=1S/C21H32O3/c1-12-11-17(24-4)19(23)21(3)14(12)6-5-13-15-7-8-18(22)20(15,2)10-9-16(13)21/h11-16,18,22H,5-10H2,1-4H3. The van der Waals surface area contributed by atoms with E-state index in [-0.39, 0.29) is 22.7 Å². The number of fused-ring (bicyclic) bond motifs is 5. The molecule has 0 aromatic carbocycles. The number of Topliss-reactive ketones (excluding diaryl/α,β-unsaturated/α-hetero) is 1. The van der Waals surface area contributed by atoms with Crippen molar-refractivity contribution in [3.63, 3.8) is 0 Å². The van der Waals surface area contributed by atoms with E-state index in [2.05, 4.69) is 26.8 Å². The first-order chi connectivity index (χ1) is 11.3. The molecule has 134 valence electrons. The van der Waals surface area contributed by atoms with Crippen LogP contribution in [0.2, 0.25) is 0 Å². The van der Waals surface area contributed by atoms with Crippen LogP contribution in [0, 0.1) is 40.4 Å². The summed E-state index contributed by atoms with van der Waals surface area (Å²) in [5.74, 6) is 3.31. The van der Waals surface area contributed by atoms with Gasteiger partial charge < -0.3 is 9.84 Å². The smallest absolute Gasteiger partial charge is 0.203 e. The van der Waals surface area contributed by atoms with Gasteiger partial charge in [-0.05, 0) is 79.6 Å². The molecule has 3 saturated carbocycles. The zero-order chi connectivity index (χ0) is 17.3. The second-order valence-corrected chi connectivity index (χ2v) is 9.40. The maximum absolute atomic E-state index is 13.3. The summed E-state index contributed by atoms with van der Waals surface area (Å²) in [6, 6.07) is 0. The molecule has 0 aliphatic heterocycles. The molecule has 0 spiro atoms. The quantitative estimate of drug-likeness (QED) is 0.791. The molecule has 1 N–H and O–H groups in total. The van der Waals surface area contributed by atoms with Crippen LogP contribution in [0.3, 0.4) is 0 Å². The highest BCUT2D eigenvalue weighted by Crippen LogP contribution is 2.65. The van der Waals surface area contributed by atoms with Gasteiger partial charge in [-0.25, -0.2) is 0 Å². The van der Waals surface area contributed by atoms with Gasteiger partial charge in [-0.3, -0.25) is 4.79 Å². The molecule has 8 unspecified atom stereocenters. The van der Waals surface area contributed by atoms with Gasteiger partial charge in [0.2, 0.25) is 5.78 Å². The lowest BCUT2D eigenvalue weighted by atomic mass is 9.44. The molecule has 0 heterocycles. The number of ether oxygens (including phenoxy) is 1. The first kappa shape index (κ1) is 16.6. The summed E-state index contributed by atoms with van der Waals surface area (Å²) < 4.78 is 5.46. The van der Waals surface area contributed by atoms with Gasteiger partial charge in [0.05, 0.1) is 13.2 Å². The molecule has 4 aliphatic carbocycles. The van der Waals surface area contributed by atoms with Crippen molar-refractivity contribution in [2.75, 3.05) is 7.11 Å². The number of aliphatic hydroxyl groups excluding tert-OH is 1. The van der Waals surface area contributed by atoms with E-state index in [9.17, 15) is 9.90 Å². The molecule has 4 aliphatic rings. The number of hydrogen-bond donors (Lipinski definition) is 1. The molecule has 3 fully saturated rings. The third kappa shape index (κ3) is 1.91. The Morgan fingerprint density at radius 1 is 1.08 bits per heavy atom. The number of methoxy groups -OCH3 is 1. The second kappa shape index (κ2) is 5.33. The summed E-state index contributed by atoms with van der Waals surface area (Å²) in [5.41, 5.74) is -0.203. The van der Waals surface area contributed by atoms with E-state index < -0.39 is 0 Å². The van der Waals surface area contributed by atoms with E-state index in [1.54, 1.807) is 7.11 Å². The molecule has 8 atom stereocenters. The number of allylic oxidation sites excluding steroid dienone is 2. The number of ketones is 1. The van der Waals surface area contributed by atoms with Gasteiger partial charge in [-0.15, -0.1) is 0 Å². The molecule has 0 aromatic heterocycles. The third-order valence-corrected chi connectivity index (χ3v) is 8.72. The number of carbonyl (C=O) groups excluding carboxylic acids is 1. The van der Waals surface area contributed by atoms with Gasteiger partial charge >= 0.3 is 0 Å². The van der Waals surface area contributed by atoms with Crippen LogP contribution in [-0.2, 0) is 9.53 Å². The molecular weight excluding hydrogens is 300 g/mol. The minimum Gasteiger partial charge on any atom is -0.493 e. The normalized spacial score (nSPS) is 53.7. The van der Waals surface area contributed by atoms with Crippen molar-refractivity contribution in [3.05, 3.63) is 11.8 Å². The van der Waals surface area contributed by atoms with Gasteiger partial charge in [-0.1, -0.05) is 20.8 Å². The Hall–Kier alpha value is -0.830. The van der Waals surface area contributed by atoms with Crippen molar-refractivity contribution in [2.45, 2.75) is 65.4 Å². The highest BCUT2D eigenvalue weighted by Gasteiger charge is 2.63. The fraction of sp³-hybridized carbons (Fsp3) is 0.857. The summed E-state index contributed by atoms with van der Waals surface area (Å²) in [7, 11) is 1.63. The van der Waals surface area contributed by atoms with E-state index in [4.69, 9.17) is 4.74 Å². The largest absolute Gasteiger partial charge is 0.493 e. The Kier molecular flexibility index (Phi) is 3.69. The van der Waals surface area contributed by atoms with Crippen molar-refractivity contribution >= 4 is 5.78 Å². The zero-order valence-corrected chi connectivity index (χ0v) is 15.5. The van der Waals surface area contributed by atoms with Crippen molar-refractivity contribution < 1.29 is 14.6 Å². The number of rotatable bonds is 1. The van der Waals surface area contributed by atoms with Gasteiger partial charge in [0, 0.05) is 5.41 Å². The maximum Gasteiger partial charge on any atom is 0.203 e. The topological polar surface area (TPSA) is 46.5 Å². The van der Waals surface area contributed by atoms with Crippen molar-refractivity contribution in [2.24, 2.45) is 40.4 Å². The number of aliphatic hydroxyl groups is 1. The fourth-order valence-electron chi connectivity index (χ4n) is 7.36. The summed E-state index contributed by atoms with van der Waals surface area (Å²) in [5, 5.41) is 10.5. The Bertz CT molecular complexity index is 582. The molecule has 3 heteroatoms. The zero-order valence-electron chi connectivity index (χ0n) is 15.5. The van der Waals surface area contributed by atoms with E-state index in [1.807, 2.05) is 0 Å². The molecule has 0 aromatic rings. The van der Waals surface area contributed by atoms with E-state index >= 15 is 0 Å². The van der Waals surface area contributed by atoms with Gasteiger partial charge in [-0.2, -0.15) is 0 Å². The lowest BCUT2D eigenvalue weighted by Gasteiger charge is -2.59. The minimum absolute atomic E-state index is 0.0770. The van der Waals surface area contributed by atoms with Crippen LogP contribution in [-0.4, -0.2) is 24.1 Å². The SMILES string of the molecule is COC1=CC(C)C2CCC3C4CCC(O)C4(C)CCC3C2(C)C1=O. The van der Waals surface area contributed by atoms with Gasteiger partial charge in [0.1, 0.15) is 0 Å². The number of carbonyl (C=O) groups is 1. The minimum atomic E-state index is -0.280. The first-order valence-electron chi connectivity index (χ1n) is 9.82. The average molecular weight is 332 g/mol. The van der Waals surface area contributed by atoms with Gasteiger partial charge in [0.25, 0.3) is 0 Å². The van der Waals surface area contributed by atoms with Crippen LogP contribution in [0.4, 0.5) is 0 Å². The molecule has 0 bridgehead atoms. The van der Waals surface area contributed by atoms with Crippen molar-refractivity contribution in [3.8, 4) is 0 Å². The maximum atomic E-state index is 13.3. The molecule has 0 amide bonds. The predicted octanol–water partition coefficient (Wildman–Crippen LogP) is 3.96. The van der Waals surface area contributed by atoms with Crippen LogP contribution >= 0.6 is 0 Å². The molecule has 3 nitrogen and oxygen atoms in total. The van der Waals surface area contributed by atoms with Crippen molar-refractivity contribution in [1.82, 2.24) is 0 Å². The fourth-order valence-corrected chi connectivity index (χ4v) is 7.36. The molecule has 0 saturated heterocycles. The second-order valence-electron chi connectivity index (χ2n) is 9.40. The van der Waals surface area contributed by atoms with Crippen LogP contribution in [0.1, 0.15) is 59.3 Å². The molecule has 0 radical (unpaired) electrons. The highest BCUT2D eigenvalue weighted by atomic mass is 16.5. The Labute approximate surface area is 145 Å². The number of hydrogen-bond acceptors (Lipinski definition) is 3. The Morgan fingerprint density at radius 2 is 1.79 bits per heavy atom. The molecule has 4 rings (SSSR count). The third-order valence-electron chi connectivity index (χ3n) is 8.72. The van der Waals surface area contributed by atoms with E-state index in [1.165, 1.54) is 6.42 Å². The summed E-state index contributed by atoms with van der Waals surface area (Å²) >= 11 is 0. The van der Waals surface area contributed by atoms with Crippen LogP contribution in [0.5, 0.6) is 0 Å². The molecule has 24 heavy (non-hydrogen) atoms. The summed E-state index contributed by atoms with van der Waals surface area (Å²) in [6.45, 7) is 6.78. The Morgan fingerprint density at radius 3 is 2.50 bits per heavy atom. The summed E-state index contributed by atoms with van der Waals surface area (Å²) in [6.07, 6.45) is 8.50. The average Bonchev–Trinajstić information content (AvgIpc) is 2.86. The monoisotopic (exact) mass is 332 g/mol. The predicted molar refractivity (Wildman–Crippen MR) is 93.1 cm³/mol. The Balaban J connectivity index is 1.73. The summed E-state index contributed by atoms with van der Waals surface area (Å²) in [4.78, 5) is 13.3. The van der Waals surface area contributed by atoms with Crippen LogP contribution in [0.25, 0.3) is 0 Å².